The van der Waals surface area contributed by atoms with Gasteiger partial charge in [0.1, 0.15) is 0 Å². The van der Waals surface area contributed by atoms with E-state index in [9.17, 15) is 0 Å². The summed E-state index contributed by atoms with van der Waals surface area (Å²) >= 11 is 0. The Bertz CT molecular complexity index is 275. The molecule has 0 saturated heterocycles. The van der Waals surface area contributed by atoms with Gasteiger partial charge in [-0.1, -0.05) is 47.0 Å². The van der Waals surface area contributed by atoms with E-state index in [0.29, 0.717) is 5.41 Å². The van der Waals surface area contributed by atoms with Crippen LogP contribution in [0.2, 0.25) is 0 Å². The summed E-state index contributed by atoms with van der Waals surface area (Å²) in [6, 6.07) is 0. The molecule has 2 aliphatic carbocycles. The molecule has 0 bridgehead atoms. The number of nitrogens with one attached hydrogen (secondary N) is 1. The maximum absolute atomic E-state index is 3.63. The molecule has 0 heterocycles. The molecule has 1 nitrogen and oxygen atoms in total. The molecule has 2 atom stereocenters. The Morgan fingerprint density at radius 2 is 1.70 bits per heavy atom. The summed E-state index contributed by atoms with van der Waals surface area (Å²) in [7, 11) is 0. The summed E-state index contributed by atoms with van der Waals surface area (Å²) in [4.78, 5) is 0. The lowest BCUT2D eigenvalue weighted by molar-refractivity contribution is 0.0501. The van der Waals surface area contributed by atoms with Crippen molar-refractivity contribution in [3.8, 4) is 0 Å². The van der Waals surface area contributed by atoms with E-state index in [2.05, 4.69) is 33.0 Å². The largest absolute Gasteiger partial charge is 0.317 e. The maximum Gasteiger partial charge on any atom is -0.00179 e. The lowest BCUT2D eigenvalue weighted by Gasteiger charge is -2.46. The van der Waals surface area contributed by atoms with Gasteiger partial charge in [0.05, 0.1) is 0 Å². The molecule has 20 heavy (non-hydrogen) atoms. The second-order valence-electron chi connectivity index (χ2n) is 8.33. The van der Waals surface area contributed by atoms with Gasteiger partial charge in [-0.15, -0.1) is 0 Å². The second-order valence-corrected chi connectivity index (χ2v) is 8.33. The summed E-state index contributed by atoms with van der Waals surface area (Å²) in [5, 5.41) is 3.63. The monoisotopic (exact) mass is 279 g/mol. The third kappa shape index (κ3) is 4.23. The second kappa shape index (κ2) is 7.29. The Hall–Kier alpha value is -0.0400. The third-order valence-electron chi connectivity index (χ3n) is 6.32. The van der Waals surface area contributed by atoms with E-state index in [-0.39, 0.29) is 0 Å². The van der Waals surface area contributed by atoms with Gasteiger partial charge < -0.3 is 5.32 Å². The molecular weight excluding hydrogens is 242 g/mol. The summed E-state index contributed by atoms with van der Waals surface area (Å²) in [5.74, 6) is 4.01. The van der Waals surface area contributed by atoms with Gasteiger partial charge in [0.25, 0.3) is 0 Å². The van der Waals surface area contributed by atoms with E-state index in [1.54, 1.807) is 0 Å². The first-order chi connectivity index (χ1) is 9.55. The van der Waals surface area contributed by atoms with Crippen LogP contribution < -0.4 is 5.32 Å². The molecule has 2 fully saturated rings. The van der Waals surface area contributed by atoms with Gasteiger partial charge in [0.15, 0.2) is 0 Å². The standard InChI is InChI=1S/C19H37N/c1-5-15-7-9-16(10-8-15)18-13-19(3,4)12-11-17(18)14-20-6-2/h15-18,20H,5-14H2,1-4H3. The maximum atomic E-state index is 3.63. The van der Waals surface area contributed by atoms with Crippen LogP contribution in [0, 0.1) is 29.1 Å². The van der Waals surface area contributed by atoms with Crippen molar-refractivity contribution >= 4 is 0 Å². The smallest absolute Gasteiger partial charge is 0.00179 e. The molecule has 1 heteroatoms. The Morgan fingerprint density at radius 3 is 2.30 bits per heavy atom. The van der Waals surface area contributed by atoms with Crippen LogP contribution in [0.4, 0.5) is 0 Å². The normalized spacial score (nSPS) is 37.8. The van der Waals surface area contributed by atoms with Crippen molar-refractivity contribution in [2.24, 2.45) is 29.1 Å². The fourth-order valence-corrected chi connectivity index (χ4v) is 4.86. The van der Waals surface area contributed by atoms with Crippen molar-refractivity contribution in [1.29, 1.82) is 0 Å². The molecule has 0 aromatic carbocycles. The molecule has 2 saturated carbocycles. The predicted molar refractivity (Wildman–Crippen MR) is 88.9 cm³/mol. The minimum absolute atomic E-state index is 0.592. The number of rotatable bonds is 5. The fraction of sp³-hybridized carbons (Fsp3) is 1.00. The van der Waals surface area contributed by atoms with E-state index in [1.165, 1.54) is 57.9 Å². The zero-order valence-electron chi connectivity index (χ0n) is 14.4. The third-order valence-corrected chi connectivity index (χ3v) is 6.32. The van der Waals surface area contributed by atoms with E-state index in [0.717, 1.165) is 30.2 Å². The van der Waals surface area contributed by atoms with Gasteiger partial charge >= 0.3 is 0 Å². The number of hydrogen-bond acceptors (Lipinski definition) is 1. The van der Waals surface area contributed by atoms with Gasteiger partial charge in [-0.25, -0.2) is 0 Å². The van der Waals surface area contributed by atoms with Crippen LogP contribution in [0.3, 0.4) is 0 Å². The molecule has 2 aliphatic rings. The first kappa shape index (κ1) is 16.3. The van der Waals surface area contributed by atoms with E-state index < -0.39 is 0 Å². The van der Waals surface area contributed by atoms with Crippen LogP contribution in [0.1, 0.15) is 79.1 Å². The van der Waals surface area contributed by atoms with Crippen molar-refractivity contribution in [3.63, 3.8) is 0 Å². The lowest BCUT2D eigenvalue weighted by atomic mass is 9.60. The Kier molecular flexibility index (Phi) is 5.95. The molecule has 0 aliphatic heterocycles. The van der Waals surface area contributed by atoms with Crippen LogP contribution in [0.5, 0.6) is 0 Å². The van der Waals surface area contributed by atoms with Gasteiger partial charge in [-0.2, -0.15) is 0 Å². The first-order valence-electron chi connectivity index (χ1n) is 9.26. The highest BCUT2D eigenvalue weighted by molar-refractivity contribution is 4.90. The average molecular weight is 280 g/mol. The highest BCUT2D eigenvalue weighted by Gasteiger charge is 2.39. The Labute approximate surface area is 127 Å². The molecule has 0 radical (unpaired) electrons. The van der Waals surface area contributed by atoms with Crippen LogP contribution in [-0.2, 0) is 0 Å². The van der Waals surface area contributed by atoms with Crippen LogP contribution in [-0.4, -0.2) is 13.1 Å². The van der Waals surface area contributed by atoms with Crippen LogP contribution in [0.25, 0.3) is 0 Å². The van der Waals surface area contributed by atoms with Gasteiger partial charge in [-0.05, 0) is 74.3 Å². The van der Waals surface area contributed by atoms with Crippen molar-refractivity contribution < 1.29 is 0 Å². The van der Waals surface area contributed by atoms with Gasteiger partial charge in [0.2, 0.25) is 0 Å². The van der Waals surface area contributed by atoms with Crippen molar-refractivity contribution in [3.05, 3.63) is 0 Å². The molecule has 0 aromatic heterocycles. The highest BCUT2D eigenvalue weighted by Crippen LogP contribution is 2.48. The lowest BCUT2D eigenvalue weighted by Crippen LogP contribution is -2.40. The highest BCUT2D eigenvalue weighted by atomic mass is 14.8. The topological polar surface area (TPSA) is 12.0 Å². The van der Waals surface area contributed by atoms with Crippen molar-refractivity contribution in [2.45, 2.75) is 79.1 Å². The van der Waals surface area contributed by atoms with Crippen molar-refractivity contribution in [1.82, 2.24) is 5.32 Å². The van der Waals surface area contributed by atoms with Crippen molar-refractivity contribution in [2.75, 3.05) is 13.1 Å². The fourth-order valence-electron chi connectivity index (χ4n) is 4.86. The minimum atomic E-state index is 0.592. The Balaban J connectivity index is 1.96. The van der Waals surface area contributed by atoms with Gasteiger partial charge in [-0.3, -0.25) is 0 Å². The van der Waals surface area contributed by atoms with E-state index in [1.807, 2.05) is 0 Å². The number of hydrogen-bond donors (Lipinski definition) is 1. The SMILES string of the molecule is CCNCC1CCC(C)(C)CC1C1CCC(CC)CC1. The molecule has 2 rings (SSSR count). The minimum Gasteiger partial charge on any atom is -0.317 e. The Morgan fingerprint density at radius 1 is 1.00 bits per heavy atom. The summed E-state index contributed by atoms with van der Waals surface area (Å²) in [6.45, 7) is 12.0. The molecule has 0 amide bonds. The van der Waals surface area contributed by atoms with Crippen LogP contribution >= 0.6 is 0 Å². The molecular formula is C19H37N. The molecule has 1 N–H and O–H groups in total. The summed E-state index contributed by atoms with van der Waals surface area (Å²) in [5.41, 5.74) is 0.592. The quantitative estimate of drug-likeness (QED) is 0.724. The molecule has 118 valence electrons. The zero-order chi connectivity index (χ0) is 14.6. The molecule has 0 aromatic rings. The predicted octanol–water partition coefficient (Wildman–Crippen LogP) is 5.25. The van der Waals surface area contributed by atoms with E-state index in [4.69, 9.17) is 0 Å². The first-order valence-corrected chi connectivity index (χ1v) is 9.26. The van der Waals surface area contributed by atoms with E-state index >= 15 is 0 Å². The molecule has 2 unspecified atom stereocenters. The molecule has 0 spiro atoms. The van der Waals surface area contributed by atoms with Crippen LogP contribution in [0.15, 0.2) is 0 Å². The average Bonchev–Trinajstić information content (AvgIpc) is 2.45. The van der Waals surface area contributed by atoms with Gasteiger partial charge in [0, 0.05) is 0 Å². The summed E-state index contributed by atoms with van der Waals surface area (Å²) < 4.78 is 0. The zero-order valence-corrected chi connectivity index (χ0v) is 14.4. The summed E-state index contributed by atoms with van der Waals surface area (Å²) in [6.07, 6.45) is 11.8.